The number of carbonyl (C=O) groups is 1. The number of likely N-dealkylation sites (N-methyl/N-ethyl adjacent to an activating group) is 1. The van der Waals surface area contributed by atoms with Crippen molar-refractivity contribution in [3.63, 3.8) is 0 Å². The summed E-state index contributed by atoms with van der Waals surface area (Å²) in [7, 11) is 5.24. The summed E-state index contributed by atoms with van der Waals surface area (Å²) in [5.41, 5.74) is 2.20. The molecule has 3 saturated heterocycles. The Morgan fingerprint density at radius 2 is 1.53 bits per heavy atom. The lowest BCUT2D eigenvalue weighted by Gasteiger charge is -2.49. The van der Waals surface area contributed by atoms with Crippen LogP contribution in [0, 0.1) is 23.7 Å². The predicted molar refractivity (Wildman–Crippen MR) is 189 cm³/mol. The zero-order valence-corrected chi connectivity index (χ0v) is 33.2. The normalized spacial score (nSPS) is 51.2. The summed E-state index contributed by atoms with van der Waals surface area (Å²) < 4.78 is 37.3. The molecule has 0 aliphatic carbocycles. The molecule has 3 rings (SSSR count). The second-order valence-electron chi connectivity index (χ2n) is 16.8. The Bertz CT molecular complexity index is 1130. The van der Waals surface area contributed by atoms with Gasteiger partial charge in [-0.25, -0.2) is 0 Å². The quantitative estimate of drug-likeness (QED) is 0.206. The van der Waals surface area contributed by atoms with Crippen LogP contribution in [0.5, 0.6) is 0 Å². The van der Waals surface area contributed by atoms with Gasteiger partial charge in [0.25, 0.3) is 0 Å². The fraction of sp³-hybridized carbons (Fsp3) is 0.973. The summed E-state index contributed by atoms with van der Waals surface area (Å²) in [6, 6.07) is -0.983. The second kappa shape index (κ2) is 17.2. The maximum atomic E-state index is 14.1. The average molecular weight is 735 g/mol. The van der Waals surface area contributed by atoms with Gasteiger partial charge in [-0.3, -0.25) is 4.79 Å². The highest BCUT2D eigenvalue weighted by Gasteiger charge is 2.53. The molecule has 0 spiro atoms. The lowest BCUT2D eigenvalue weighted by molar-refractivity contribution is -0.318. The largest absolute Gasteiger partial charge is 0.459 e. The molecular formula is C37H70N2O12. The summed E-state index contributed by atoms with van der Waals surface area (Å²) in [5, 5.41) is 58.0. The number of methoxy groups -OCH3 is 1. The van der Waals surface area contributed by atoms with Gasteiger partial charge >= 0.3 is 5.97 Å². The van der Waals surface area contributed by atoms with Gasteiger partial charge in [0.15, 0.2) is 12.6 Å². The van der Waals surface area contributed by atoms with Crippen molar-refractivity contribution in [2.45, 2.75) is 185 Å². The Hall–Kier alpha value is -1.01. The molecule has 0 aromatic rings. The number of cyclic esters (lactones) is 1. The molecule has 3 fully saturated rings. The predicted octanol–water partition coefficient (Wildman–Crippen LogP) is 1.54. The third kappa shape index (κ3) is 9.63. The summed E-state index contributed by atoms with van der Waals surface area (Å²) in [6.07, 6.45) is -8.68. The number of aliphatic hydroxyl groups is 5. The minimum atomic E-state index is -1.85. The fourth-order valence-corrected chi connectivity index (χ4v) is 8.63. The summed E-state index contributed by atoms with van der Waals surface area (Å²) >= 11 is 0. The van der Waals surface area contributed by atoms with Gasteiger partial charge in [0.2, 0.25) is 0 Å². The van der Waals surface area contributed by atoms with Gasteiger partial charge in [0.05, 0.1) is 47.6 Å². The van der Waals surface area contributed by atoms with Crippen molar-refractivity contribution in [3.8, 4) is 0 Å². The van der Waals surface area contributed by atoms with E-state index in [1.54, 1.807) is 48.5 Å². The van der Waals surface area contributed by atoms with Gasteiger partial charge in [-0.05, 0) is 80.8 Å². The number of esters is 1. The van der Waals surface area contributed by atoms with Gasteiger partial charge in [0.1, 0.15) is 23.9 Å². The number of ether oxygens (including phenoxy) is 6. The number of hydrogen-bond acceptors (Lipinski definition) is 14. The maximum absolute atomic E-state index is 14.1. The Morgan fingerprint density at radius 1 is 0.922 bits per heavy atom. The molecule has 19 atom stereocenters. The molecular weight excluding hydrogens is 664 g/mol. The first-order valence-electron chi connectivity index (χ1n) is 18.7. The molecule has 0 unspecified atom stereocenters. The van der Waals surface area contributed by atoms with Crippen LogP contribution in [0.2, 0.25) is 0 Å². The van der Waals surface area contributed by atoms with E-state index in [1.807, 2.05) is 32.8 Å². The van der Waals surface area contributed by atoms with Gasteiger partial charge in [-0.1, -0.05) is 27.7 Å². The van der Waals surface area contributed by atoms with E-state index in [1.165, 1.54) is 14.0 Å². The summed E-state index contributed by atoms with van der Waals surface area (Å²) in [5.74, 6) is -3.57. The first-order chi connectivity index (χ1) is 23.4. The van der Waals surface area contributed by atoms with Crippen LogP contribution in [0.3, 0.4) is 0 Å². The smallest absolute Gasteiger partial charge is 0.311 e. The average Bonchev–Trinajstić information content (AvgIpc) is 3.05. The molecule has 51 heavy (non-hydrogen) atoms. The number of carbonyl (C=O) groups excluding carboxylic acids is 1. The standard InChI is InChI=1S/C37H70N2O12/c1-14-25-37(10,45)30(41)20(4)27(38)18(2)16-35(8,44)32(51-34-28(40)24(39(11)12)15-19(3)47-34)21(5)29(22(6)33(43)49-25)50-26-17-36(9,46-13)31(42)23(7)48-26/h18-32,34,40-42,44-45H,14-17,38H2,1-13H3/t18-,19-,20+,21+,22-,23+,24+,25-,26+,27-,28-,29+,30-,31+,32-,34+,35+,36-,37-/m1/s1. The third-order valence-electron chi connectivity index (χ3n) is 12.2. The highest BCUT2D eigenvalue weighted by atomic mass is 16.7. The Kier molecular flexibility index (Phi) is 15.0. The van der Waals surface area contributed by atoms with Crippen molar-refractivity contribution < 1.29 is 58.7 Å². The van der Waals surface area contributed by atoms with Crippen molar-refractivity contribution in [3.05, 3.63) is 0 Å². The lowest BCUT2D eigenvalue weighted by Crippen LogP contribution is -2.62. The molecule has 0 saturated carbocycles. The second-order valence-corrected chi connectivity index (χ2v) is 16.8. The Balaban J connectivity index is 2.18. The molecule has 0 aromatic heterocycles. The number of rotatable bonds is 7. The highest BCUT2D eigenvalue weighted by Crippen LogP contribution is 2.41. The van der Waals surface area contributed by atoms with Crippen molar-refractivity contribution in [1.82, 2.24) is 4.90 Å². The highest BCUT2D eigenvalue weighted by molar-refractivity contribution is 5.73. The van der Waals surface area contributed by atoms with Crippen LogP contribution >= 0.6 is 0 Å². The molecule has 0 bridgehead atoms. The fourth-order valence-electron chi connectivity index (χ4n) is 8.63. The number of nitrogens with zero attached hydrogens (tertiary/aromatic N) is 1. The van der Waals surface area contributed by atoms with Gasteiger partial charge in [-0.15, -0.1) is 0 Å². The van der Waals surface area contributed by atoms with Gasteiger partial charge in [-0.2, -0.15) is 0 Å². The maximum Gasteiger partial charge on any atom is 0.311 e. The minimum Gasteiger partial charge on any atom is -0.459 e. The number of aliphatic hydroxyl groups excluding tert-OH is 3. The number of hydrogen-bond donors (Lipinski definition) is 6. The molecule has 14 heteroatoms. The monoisotopic (exact) mass is 734 g/mol. The SMILES string of the molecule is CC[C@H]1OC(=O)[C@H](C)[C@@H](O[C@H]2C[C@@](C)(OC)[C@@H](O)[C@H](C)O2)[C@H](C)[C@@H](O[C@@H]2O[C@H](C)C[C@H](N(C)C)[C@H]2O)[C@@](C)(O)C[C@@H](C)[C@@H](N)[C@H](C)[C@@H](O)[C@]1(C)O. The van der Waals surface area contributed by atoms with E-state index < -0.39 is 108 Å². The first kappa shape index (κ1) is 44.4. The van der Waals surface area contributed by atoms with E-state index in [0.29, 0.717) is 6.42 Å². The van der Waals surface area contributed by atoms with E-state index in [2.05, 4.69) is 0 Å². The van der Waals surface area contributed by atoms with E-state index in [4.69, 9.17) is 34.2 Å². The lowest BCUT2D eigenvalue weighted by atomic mass is 9.72. The van der Waals surface area contributed by atoms with Crippen LogP contribution in [-0.2, 0) is 33.2 Å². The molecule has 0 aromatic carbocycles. The topological polar surface area (TPSA) is 203 Å². The van der Waals surface area contributed by atoms with Crippen molar-refractivity contribution in [2.75, 3.05) is 21.2 Å². The molecule has 7 N–H and O–H groups in total. The van der Waals surface area contributed by atoms with Crippen LogP contribution in [0.15, 0.2) is 0 Å². The molecule has 0 amide bonds. The van der Waals surface area contributed by atoms with Crippen molar-refractivity contribution in [1.29, 1.82) is 0 Å². The number of nitrogens with two attached hydrogens (primary N) is 1. The van der Waals surface area contributed by atoms with E-state index in [-0.39, 0.29) is 31.4 Å². The zero-order chi connectivity index (χ0) is 39.0. The van der Waals surface area contributed by atoms with Gasteiger partial charge in [0, 0.05) is 37.5 Å². The van der Waals surface area contributed by atoms with Crippen LogP contribution in [0.1, 0.15) is 94.9 Å². The van der Waals surface area contributed by atoms with Gasteiger partial charge < -0.3 is 64.6 Å². The van der Waals surface area contributed by atoms with Crippen LogP contribution in [-0.4, -0.2) is 148 Å². The van der Waals surface area contributed by atoms with Crippen LogP contribution < -0.4 is 5.73 Å². The Labute approximate surface area is 305 Å². The summed E-state index contributed by atoms with van der Waals surface area (Å²) in [4.78, 5) is 16.0. The molecule has 14 nitrogen and oxygen atoms in total. The molecule has 3 aliphatic rings. The van der Waals surface area contributed by atoms with Crippen LogP contribution in [0.25, 0.3) is 0 Å². The molecule has 3 heterocycles. The van der Waals surface area contributed by atoms with E-state index in [0.717, 1.165) is 0 Å². The van der Waals surface area contributed by atoms with Crippen molar-refractivity contribution >= 4 is 5.97 Å². The van der Waals surface area contributed by atoms with E-state index in [9.17, 15) is 30.3 Å². The first-order valence-corrected chi connectivity index (χ1v) is 18.7. The summed E-state index contributed by atoms with van der Waals surface area (Å²) in [6.45, 7) is 17.2. The van der Waals surface area contributed by atoms with E-state index >= 15 is 0 Å². The zero-order valence-electron chi connectivity index (χ0n) is 33.2. The minimum absolute atomic E-state index is 0.0888. The third-order valence-corrected chi connectivity index (χ3v) is 12.2. The molecule has 0 radical (unpaired) electrons. The molecule has 3 aliphatic heterocycles. The molecule has 300 valence electrons. The Morgan fingerprint density at radius 3 is 2.08 bits per heavy atom. The van der Waals surface area contributed by atoms with Crippen LogP contribution in [0.4, 0.5) is 0 Å². The van der Waals surface area contributed by atoms with Crippen molar-refractivity contribution in [2.24, 2.45) is 29.4 Å².